The molecule has 5 heteroatoms. The highest BCUT2D eigenvalue weighted by Gasteiger charge is 2.17. The molecule has 0 aliphatic rings. The van der Waals surface area contributed by atoms with Crippen molar-refractivity contribution in [3.63, 3.8) is 0 Å². The Bertz CT molecular complexity index is 387. The Morgan fingerprint density at radius 2 is 2.06 bits per heavy atom. The molecule has 1 aromatic heterocycles. The smallest absolute Gasteiger partial charge is 0.224 e. The van der Waals surface area contributed by atoms with E-state index >= 15 is 0 Å². The summed E-state index contributed by atoms with van der Waals surface area (Å²) in [7, 11) is 1.92. The largest absolute Gasteiger partial charge is 0.389 e. The lowest BCUT2D eigenvalue weighted by atomic mass is 10.1. The molecule has 0 saturated heterocycles. The van der Waals surface area contributed by atoms with Crippen LogP contribution in [0.5, 0.6) is 0 Å². The monoisotopic (exact) mass is 252 g/mol. The van der Waals surface area contributed by atoms with Crippen LogP contribution in [0.3, 0.4) is 0 Å². The van der Waals surface area contributed by atoms with Crippen LogP contribution >= 0.6 is 0 Å². The first-order valence-corrected chi connectivity index (χ1v) is 6.35. The molecule has 0 bridgehead atoms. The third-order valence-corrected chi connectivity index (χ3v) is 2.39. The topological polar surface area (TPSA) is 61.3 Å². The van der Waals surface area contributed by atoms with Crippen LogP contribution in [0.4, 0.5) is 11.8 Å². The van der Waals surface area contributed by atoms with E-state index in [4.69, 9.17) is 0 Å². The van der Waals surface area contributed by atoms with E-state index in [-0.39, 0.29) is 0 Å². The molecule has 0 aliphatic carbocycles. The highest BCUT2D eigenvalue weighted by molar-refractivity contribution is 5.44. The van der Waals surface area contributed by atoms with E-state index in [1.165, 1.54) is 0 Å². The molecule has 0 saturated carbocycles. The summed E-state index contributed by atoms with van der Waals surface area (Å²) in [5.74, 6) is 1.47. The normalized spacial score (nSPS) is 11.4. The van der Waals surface area contributed by atoms with Crippen molar-refractivity contribution < 1.29 is 5.11 Å². The van der Waals surface area contributed by atoms with E-state index in [2.05, 4.69) is 22.2 Å². The molecule has 0 atom stereocenters. The molecule has 102 valence electrons. The van der Waals surface area contributed by atoms with Gasteiger partial charge >= 0.3 is 0 Å². The first-order valence-electron chi connectivity index (χ1n) is 6.35. The SMILES string of the molecule is CCCNc1nc(C)cc(N(C)CC(C)(C)O)n1. The molecule has 0 aliphatic heterocycles. The number of rotatable bonds is 6. The van der Waals surface area contributed by atoms with Gasteiger partial charge in [-0.25, -0.2) is 4.98 Å². The van der Waals surface area contributed by atoms with Crippen LogP contribution in [0.1, 0.15) is 32.9 Å². The highest BCUT2D eigenvalue weighted by Crippen LogP contribution is 2.16. The van der Waals surface area contributed by atoms with Crippen molar-refractivity contribution >= 4 is 11.8 Å². The standard InChI is InChI=1S/C13H24N4O/c1-6-7-14-12-15-10(2)8-11(16-12)17(5)9-13(3,4)18/h8,18H,6-7,9H2,1-5H3,(H,14,15,16). The Kier molecular flexibility index (Phi) is 4.90. The fraction of sp³-hybridized carbons (Fsp3) is 0.692. The molecule has 5 nitrogen and oxygen atoms in total. The van der Waals surface area contributed by atoms with Crippen molar-refractivity contribution in [2.45, 2.75) is 39.7 Å². The molecule has 0 aromatic carbocycles. The number of nitrogens with zero attached hydrogens (tertiary/aromatic N) is 3. The van der Waals surface area contributed by atoms with Crippen LogP contribution in [-0.4, -0.2) is 40.8 Å². The molecular formula is C13H24N4O. The third-order valence-electron chi connectivity index (χ3n) is 2.39. The summed E-state index contributed by atoms with van der Waals surface area (Å²) in [5, 5.41) is 13.0. The van der Waals surface area contributed by atoms with Crippen LogP contribution < -0.4 is 10.2 Å². The molecule has 18 heavy (non-hydrogen) atoms. The number of aromatic nitrogens is 2. The predicted octanol–water partition coefficient (Wildman–Crippen LogP) is 1.81. The Balaban J connectivity index is 2.84. The highest BCUT2D eigenvalue weighted by atomic mass is 16.3. The van der Waals surface area contributed by atoms with Gasteiger partial charge in [0.2, 0.25) is 5.95 Å². The Morgan fingerprint density at radius 1 is 1.39 bits per heavy atom. The minimum atomic E-state index is -0.745. The van der Waals surface area contributed by atoms with Crippen molar-refractivity contribution in [1.29, 1.82) is 0 Å². The molecule has 2 N–H and O–H groups in total. The number of aryl methyl sites for hydroxylation is 1. The van der Waals surface area contributed by atoms with E-state index in [9.17, 15) is 5.11 Å². The molecule has 0 amide bonds. The summed E-state index contributed by atoms with van der Waals surface area (Å²) < 4.78 is 0. The van der Waals surface area contributed by atoms with Crippen molar-refractivity contribution in [1.82, 2.24) is 9.97 Å². The summed E-state index contributed by atoms with van der Waals surface area (Å²) in [5.41, 5.74) is 0.172. The molecule has 0 fully saturated rings. The van der Waals surface area contributed by atoms with Gasteiger partial charge in [-0.15, -0.1) is 0 Å². The second kappa shape index (κ2) is 6.00. The predicted molar refractivity (Wildman–Crippen MR) is 75.1 cm³/mol. The molecule has 0 unspecified atom stereocenters. The zero-order valence-corrected chi connectivity index (χ0v) is 12.0. The van der Waals surface area contributed by atoms with E-state index in [1.807, 2.05) is 24.9 Å². The Morgan fingerprint density at radius 3 is 2.61 bits per heavy atom. The van der Waals surface area contributed by atoms with Gasteiger partial charge in [0.1, 0.15) is 5.82 Å². The van der Waals surface area contributed by atoms with Gasteiger partial charge in [-0.05, 0) is 27.2 Å². The Labute approximate surface area is 109 Å². The van der Waals surface area contributed by atoms with Crippen LogP contribution in [0.25, 0.3) is 0 Å². The van der Waals surface area contributed by atoms with Crippen molar-refractivity contribution in [3.8, 4) is 0 Å². The zero-order valence-electron chi connectivity index (χ0n) is 12.0. The maximum atomic E-state index is 9.83. The van der Waals surface area contributed by atoms with Gasteiger partial charge in [-0.3, -0.25) is 0 Å². The summed E-state index contributed by atoms with van der Waals surface area (Å²) in [4.78, 5) is 10.7. The van der Waals surface area contributed by atoms with Crippen molar-refractivity contribution in [2.24, 2.45) is 0 Å². The quantitative estimate of drug-likeness (QED) is 0.808. The molecule has 1 aromatic rings. The zero-order chi connectivity index (χ0) is 13.8. The van der Waals surface area contributed by atoms with Gasteiger partial charge in [-0.2, -0.15) is 4.98 Å². The number of anilines is 2. The number of aliphatic hydroxyl groups is 1. The fourth-order valence-electron chi connectivity index (χ4n) is 1.72. The molecule has 1 rings (SSSR count). The third kappa shape index (κ3) is 4.87. The first-order chi connectivity index (χ1) is 8.31. The summed E-state index contributed by atoms with van der Waals surface area (Å²) in [6.07, 6.45) is 1.03. The lowest BCUT2D eigenvalue weighted by Crippen LogP contribution is -2.36. The van der Waals surface area contributed by atoms with Crippen LogP contribution in [-0.2, 0) is 0 Å². The Hall–Kier alpha value is -1.36. The average molecular weight is 252 g/mol. The maximum absolute atomic E-state index is 9.83. The van der Waals surface area contributed by atoms with Crippen LogP contribution in [0.15, 0.2) is 6.07 Å². The molecule has 1 heterocycles. The number of hydrogen-bond acceptors (Lipinski definition) is 5. The number of likely N-dealkylation sites (N-methyl/N-ethyl adjacent to an activating group) is 1. The van der Waals surface area contributed by atoms with E-state index in [0.717, 1.165) is 24.5 Å². The average Bonchev–Trinajstić information content (AvgIpc) is 2.23. The van der Waals surface area contributed by atoms with E-state index in [1.54, 1.807) is 13.8 Å². The van der Waals surface area contributed by atoms with Crippen molar-refractivity contribution in [3.05, 3.63) is 11.8 Å². The van der Waals surface area contributed by atoms with Gasteiger partial charge in [0.25, 0.3) is 0 Å². The lowest BCUT2D eigenvalue weighted by molar-refractivity contribution is 0.0884. The summed E-state index contributed by atoms with van der Waals surface area (Å²) in [6, 6.07) is 1.92. The van der Waals surface area contributed by atoms with Gasteiger partial charge in [0, 0.05) is 31.9 Å². The van der Waals surface area contributed by atoms with Gasteiger partial charge in [0.05, 0.1) is 5.60 Å². The number of hydrogen-bond donors (Lipinski definition) is 2. The second-order valence-corrected chi connectivity index (χ2v) is 5.29. The van der Waals surface area contributed by atoms with Crippen molar-refractivity contribution in [2.75, 3.05) is 30.4 Å². The molecule has 0 spiro atoms. The number of nitrogens with one attached hydrogen (secondary N) is 1. The van der Waals surface area contributed by atoms with Gasteiger partial charge in [-0.1, -0.05) is 6.92 Å². The van der Waals surface area contributed by atoms with Crippen LogP contribution in [0, 0.1) is 6.92 Å². The molecule has 0 radical (unpaired) electrons. The van der Waals surface area contributed by atoms with E-state index < -0.39 is 5.60 Å². The second-order valence-electron chi connectivity index (χ2n) is 5.29. The summed E-state index contributed by atoms with van der Waals surface area (Å²) >= 11 is 0. The fourth-order valence-corrected chi connectivity index (χ4v) is 1.72. The lowest BCUT2D eigenvalue weighted by Gasteiger charge is -2.26. The van der Waals surface area contributed by atoms with Gasteiger partial charge in [0.15, 0.2) is 0 Å². The first kappa shape index (κ1) is 14.7. The van der Waals surface area contributed by atoms with Gasteiger partial charge < -0.3 is 15.3 Å². The molecular weight excluding hydrogens is 228 g/mol. The minimum absolute atomic E-state index is 0.524. The van der Waals surface area contributed by atoms with E-state index in [0.29, 0.717) is 12.5 Å². The minimum Gasteiger partial charge on any atom is -0.389 e. The van der Waals surface area contributed by atoms with Crippen LogP contribution in [0.2, 0.25) is 0 Å². The summed E-state index contributed by atoms with van der Waals surface area (Å²) in [6.45, 7) is 9.00. The maximum Gasteiger partial charge on any atom is 0.224 e.